The number of piperidine rings is 1. The zero-order valence-corrected chi connectivity index (χ0v) is 17.8. The Hall–Kier alpha value is -1.75. The van der Waals surface area contributed by atoms with Gasteiger partial charge in [-0.1, -0.05) is 25.7 Å². The third kappa shape index (κ3) is 5.88. The monoisotopic (exact) mass is 400 g/mol. The molecule has 0 radical (unpaired) electrons. The van der Waals surface area contributed by atoms with E-state index < -0.39 is 0 Å². The molecule has 160 valence electrons. The van der Waals surface area contributed by atoms with Crippen molar-refractivity contribution in [2.24, 2.45) is 5.92 Å². The van der Waals surface area contributed by atoms with Gasteiger partial charge in [0.15, 0.2) is 0 Å². The average molecular weight is 401 g/mol. The van der Waals surface area contributed by atoms with Gasteiger partial charge in [0, 0.05) is 25.2 Å². The summed E-state index contributed by atoms with van der Waals surface area (Å²) in [6.07, 6.45) is 12.9. The Labute approximate surface area is 175 Å². The van der Waals surface area contributed by atoms with E-state index in [1.165, 1.54) is 45.1 Å². The lowest BCUT2D eigenvalue weighted by Gasteiger charge is -2.32. The fraction of sp³-hybridized carbons (Fsp3) is 0.708. The number of rotatable bonds is 9. The van der Waals surface area contributed by atoms with E-state index in [2.05, 4.69) is 10.2 Å². The molecule has 1 N–H and O–H groups in total. The topological polar surface area (TPSA) is 50.8 Å². The Bertz CT molecular complexity index is 675. The minimum absolute atomic E-state index is 0.0329. The van der Waals surface area contributed by atoms with Gasteiger partial charge in [0.05, 0.1) is 12.7 Å². The summed E-state index contributed by atoms with van der Waals surface area (Å²) in [5.41, 5.74) is 0.622. The number of benzene rings is 1. The summed E-state index contributed by atoms with van der Waals surface area (Å²) in [7, 11) is 1.65. The number of likely N-dealkylation sites (tertiary alicyclic amines) is 1. The van der Waals surface area contributed by atoms with Gasteiger partial charge in [-0.15, -0.1) is 0 Å². The van der Waals surface area contributed by atoms with Crippen molar-refractivity contribution in [2.45, 2.75) is 76.4 Å². The van der Waals surface area contributed by atoms with Crippen molar-refractivity contribution >= 4 is 5.91 Å². The van der Waals surface area contributed by atoms with Crippen LogP contribution >= 0.6 is 0 Å². The molecule has 29 heavy (non-hydrogen) atoms. The first-order valence-corrected chi connectivity index (χ1v) is 11.6. The van der Waals surface area contributed by atoms with Crippen LogP contribution in [-0.4, -0.2) is 49.7 Å². The Balaban J connectivity index is 1.27. The van der Waals surface area contributed by atoms with Crippen LogP contribution in [0.25, 0.3) is 0 Å². The van der Waals surface area contributed by atoms with Gasteiger partial charge < -0.3 is 19.7 Å². The number of carbonyl (C=O) groups is 1. The van der Waals surface area contributed by atoms with Crippen molar-refractivity contribution in [1.29, 1.82) is 0 Å². The molecule has 3 aliphatic rings. The molecule has 0 aromatic heterocycles. The second-order valence-corrected chi connectivity index (χ2v) is 9.06. The summed E-state index contributed by atoms with van der Waals surface area (Å²) < 4.78 is 11.7. The van der Waals surface area contributed by atoms with Gasteiger partial charge >= 0.3 is 0 Å². The van der Waals surface area contributed by atoms with Gasteiger partial charge in [-0.3, -0.25) is 4.79 Å². The van der Waals surface area contributed by atoms with Crippen LogP contribution in [-0.2, 0) is 0 Å². The van der Waals surface area contributed by atoms with E-state index in [-0.39, 0.29) is 12.0 Å². The maximum absolute atomic E-state index is 12.6. The quantitative estimate of drug-likeness (QED) is 0.667. The zero-order valence-electron chi connectivity index (χ0n) is 17.8. The van der Waals surface area contributed by atoms with Crippen LogP contribution in [0.3, 0.4) is 0 Å². The molecule has 0 atom stereocenters. The molecule has 2 saturated carbocycles. The fourth-order valence-corrected chi connectivity index (χ4v) is 4.74. The third-order valence-corrected chi connectivity index (χ3v) is 6.74. The van der Waals surface area contributed by atoms with Crippen molar-refractivity contribution in [2.75, 3.05) is 26.7 Å². The highest BCUT2D eigenvalue weighted by Gasteiger charge is 2.27. The van der Waals surface area contributed by atoms with E-state index in [1.807, 2.05) is 18.2 Å². The lowest BCUT2D eigenvalue weighted by Crippen LogP contribution is -2.39. The van der Waals surface area contributed by atoms with E-state index in [4.69, 9.17) is 9.47 Å². The molecule has 0 bridgehead atoms. The summed E-state index contributed by atoms with van der Waals surface area (Å²) in [5, 5.41) is 3.07. The minimum atomic E-state index is -0.0329. The normalized spacial score (nSPS) is 21.3. The van der Waals surface area contributed by atoms with E-state index in [0.717, 1.165) is 50.4 Å². The molecule has 5 nitrogen and oxygen atoms in total. The lowest BCUT2D eigenvalue weighted by atomic mass is 10.0. The SMILES string of the molecule is COc1ccc(C(=O)NC2CC2)c(OC2CCN(CCCC3CCCC3)CC2)c1. The molecule has 2 aliphatic carbocycles. The Morgan fingerprint density at radius 3 is 2.55 bits per heavy atom. The summed E-state index contributed by atoms with van der Waals surface area (Å²) in [5.74, 6) is 2.34. The molecule has 1 amide bonds. The first-order chi connectivity index (χ1) is 14.2. The molecule has 1 aromatic rings. The number of nitrogens with one attached hydrogen (secondary N) is 1. The first-order valence-electron chi connectivity index (χ1n) is 11.6. The Morgan fingerprint density at radius 1 is 1.10 bits per heavy atom. The number of methoxy groups -OCH3 is 1. The average Bonchev–Trinajstić information content (AvgIpc) is 3.40. The molecule has 1 heterocycles. The molecule has 0 unspecified atom stereocenters. The number of carbonyl (C=O) groups excluding carboxylic acids is 1. The maximum atomic E-state index is 12.6. The summed E-state index contributed by atoms with van der Waals surface area (Å²) >= 11 is 0. The van der Waals surface area contributed by atoms with Gasteiger partial charge in [0.2, 0.25) is 0 Å². The molecule has 0 spiro atoms. The number of hydrogen-bond donors (Lipinski definition) is 1. The highest BCUT2D eigenvalue weighted by Crippen LogP contribution is 2.30. The summed E-state index contributed by atoms with van der Waals surface area (Å²) in [6.45, 7) is 3.39. The van der Waals surface area contributed by atoms with Crippen LogP contribution in [0.5, 0.6) is 11.5 Å². The molecule has 5 heteroatoms. The maximum Gasteiger partial charge on any atom is 0.255 e. The lowest BCUT2D eigenvalue weighted by molar-refractivity contribution is 0.0897. The van der Waals surface area contributed by atoms with E-state index in [9.17, 15) is 4.79 Å². The van der Waals surface area contributed by atoms with E-state index in [1.54, 1.807) is 7.11 Å². The predicted octanol–water partition coefficient (Wildman–Crippen LogP) is 4.40. The van der Waals surface area contributed by atoms with Crippen LogP contribution in [0.2, 0.25) is 0 Å². The van der Waals surface area contributed by atoms with Crippen molar-refractivity contribution in [1.82, 2.24) is 10.2 Å². The number of nitrogens with zero attached hydrogens (tertiary/aromatic N) is 1. The second kappa shape index (κ2) is 9.84. The largest absolute Gasteiger partial charge is 0.497 e. The van der Waals surface area contributed by atoms with Crippen LogP contribution < -0.4 is 14.8 Å². The minimum Gasteiger partial charge on any atom is -0.497 e. The Morgan fingerprint density at radius 2 is 1.86 bits per heavy atom. The molecule has 1 aliphatic heterocycles. The molecule has 1 saturated heterocycles. The highest BCUT2D eigenvalue weighted by molar-refractivity contribution is 5.97. The zero-order chi connectivity index (χ0) is 20.1. The predicted molar refractivity (Wildman–Crippen MR) is 115 cm³/mol. The molecule has 4 rings (SSSR count). The fourth-order valence-electron chi connectivity index (χ4n) is 4.74. The Kier molecular flexibility index (Phi) is 6.96. The molecule has 1 aromatic carbocycles. The van der Waals surface area contributed by atoms with Gasteiger partial charge in [0.1, 0.15) is 17.6 Å². The number of ether oxygens (including phenoxy) is 2. The smallest absolute Gasteiger partial charge is 0.255 e. The van der Waals surface area contributed by atoms with Crippen LogP contribution in [0.1, 0.15) is 74.6 Å². The van der Waals surface area contributed by atoms with Crippen molar-refractivity contribution in [3.63, 3.8) is 0 Å². The van der Waals surface area contributed by atoms with Crippen LogP contribution in [0.4, 0.5) is 0 Å². The van der Waals surface area contributed by atoms with Crippen molar-refractivity contribution < 1.29 is 14.3 Å². The van der Waals surface area contributed by atoms with Gasteiger partial charge in [0.25, 0.3) is 5.91 Å². The second-order valence-electron chi connectivity index (χ2n) is 9.06. The van der Waals surface area contributed by atoms with E-state index in [0.29, 0.717) is 17.4 Å². The van der Waals surface area contributed by atoms with Gasteiger partial charge in [-0.2, -0.15) is 0 Å². The molecule has 3 fully saturated rings. The van der Waals surface area contributed by atoms with Crippen molar-refractivity contribution in [3.05, 3.63) is 23.8 Å². The highest BCUT2D eigenvalue weighted by atomic mass is 16.5. The van der Waals surface area contributed by atoms with Gasteiger partial charge in [-0.25, -0.2) is 0 Å². The standard InChI is InChI=1S/C24H36N2O3/c1-28-21-10-11-22(24(27)25-19-8-9-19)23(17-21)29-20-12-15-26(16-13-20)14-4-7-18-5-2-3-6-18/h10-11,17-20H,2-9,12-16H2,1H3,(H,25,27). The third-order valence-electron chi connectivity index (χ3n) is 6.74. The van der Waals surface area contributed by atoms with Gasteiger partial charge in [-0.05, 0) is 63.1 Å². The number of hydrogen-bond acceptors (Lipinski definition) is 4. The summed E-state index contributed by atoms with van der Waals surface area (Å²) in [4.78, 5) is 15.2. The van der Waals surface area contributed by atoms with Crippen molar-refractivity contribution in [3.8, 4) is 11.5 Å². The van der Waals surface area contributed by atoms with E-state index >= 15 is 0 Å². The van der Waals surface area contributed by atoms with Crippen LogP contribution in [0, 0.1) is 5.92 Å². The van der Waals surface area contributed by atoms with Crippen LogP contribution in [0.15, 0.2) is 18.2 Å². The number of amides is 1. The first kappa shape index (κ1) is 20.5. The molecular weight excluding hydrogens is 364 g/mol. The summed E-state index contributed by atoms with van der Waals surface area (Å²) in [6, 6.07) is 5.85. The molecular formula is C24H36N2O3.